The third-order valence-corrected chi connectivity index (χ3v) is 7.23. The monoisotopic (exact) mass is 543 g/mol. The van der Waals surface area contributed by atoms with Gasteiger partial charge in [-0.05, 0) is 12.5 Å². The lowest BCUT2D eigenvalue weighted by Crippen LogP contribution is -2.47. The lowest BCUT2D eigenvalue weighted by molar-refractivity contribution is 0.0161. The topological polar surface area (TPSA) is 142 Å². The molecule has 3 N–H and O–H groups in total. The molecule has 6 rings (SSSR count). The highest BCUT2D eigenvalue weighted by Crippen LogP contribution is 2.28. The average Bonchev–Trinajstić information content (AvgIpc) is 3.44. The van der Waals surface area contributed by atoms with Crippen LogP contribution in [-0.2, 0) is 16.9 Å². The molecule has 0 bridgehead atoms. The number of piperazine rings is 1. The molecule has 0 aliphatic carbocycles. The maximum absolute atomic E-state index is 11.1. The average molecular weight is 544 g/mol. The number of aliphatic hydroxyl groups is 1. The summed E-state index contributed by atoms with van der Waals surface area (Å²) in [6, 6.07) is 9.53. The summed E-state index contributed by atoms with van der Waals surface area (Å²) in [6.45, 7) is 7.72. The normalized spacial score (nSPS) is 19.3. The molecule has 208 valence electrons. The molecule has 0 saturated carbocycles. The fourth-order valence-electron chi connectivity index (χ4n) is 4.87. The quantitative estimate of drug-likeness (QED) is 0.294. The molecule has 13 nitrogen and oxygen atoms in total. The Balaban J connectivity index is 1.04. The van der Waals surface area contributed by atoms with Crippen LogP contribution in [0.25, 0.3) is 0 Å². The van der Waals surface area contributed by atoms with E-state index in [2.05, 4.69) is 50.5 Å². The Hall–Kier alpha value is -4.20. The Bertz CT molecular complexity index is 1380. The molecule has 0 spiro atoms. The van der Waals surface area contributed by atoms with Gasteiger partial charge in [0.2, 0.25) is 17.8 Å². The van der Waals surface area contributed by atoms with Gasteiger partial charge in [0.05, 0.1) is 31.1 Å². The minimum Gasteiger partial charge on any atom is -0.381 e. The molecular weight excluding hydrogens is 510 g/mol. The zero-order valence-corrected chi connectivity index (χ0v) is 22.4. The summed E-state index contributed by atoms with van der Waals surface area (Å²) in [4.78, 5) is 26.7. The van der Waals surface area contributed by atoms with Crippen molar-refractivity contribution in [2.24, 2.45) is 0 Å². The number of hydrogen-bond acceptors (Lipinski definition) is 12. The Morgan fingerprint density at radius 2 is 1.73 bits per heavy atom. The maximum atomic E-state index is 11.1. The van der Waals surface area contributed by atoms with Crippen molar-refractivity contribution in [3.8, 4) is 0 Å². The van der Waals surface area contributed by atoms with Crippen LogP contribution in [0.3, 0.4) is 0 Å². The van der Waals surface area contributed by atoms with E-state index >= 15 is 0 Å². The minimum absolute atomic E-state index is 0.108. The highest BCUT2D eigenvalue weighted by Gasteiger charge is 2.27. The van der Waals surface area contributed by atoms with Gasteiger partial charge in [-0.3, -0.25) is 4.68 Å². The van der Waals surface area contributed by atoms with E-state index in [0.717, 1.165) is 30.9 Å². The molecule has 2 atom stereocenters. The molecule has 5 heterocycles. The van der Waals surface area contributed by atoms with Gasteiger partial charge in [-0.25, -0.2) is 19.9 Å². The summed E-state index contributed by atoms with van der Waals surface area (Å²) in [7, 11) is 0. The molecule has 13 heteroatoms. The maximum Gasteiger partial charge on any atom is 0.232 e. The summed E-state index contributed by atoms with van der Waals surface area (Å²) in [6.07, 6.45) is 8.70. The van der Waals surface area contributed by atoms with Crippen molar-refractivity contribution in [2.75, 3.05) is 61.0 Å². The van der Waals surface area contributed by atoms with Gasteiger partial charge in [0, 0.05) is 63.4 Å². The highest BCUT2D eigenvalue weighted by molar-refractivity contribution is 5.51. The van der Waals surface area contributed by atoms with E-state index in [1.807, 2.05) is 41.2 Å². The molecule has 40 heavy (non-hydrogen) atoms. The fraction of sp³-hybridized carbons (Fsp3) is 0.407. The fourth-order valence-corrected chi connectivity index (χ4v) is 4.87. The van der Waals surface area contributed by atoms with Gasteiger partial charge in [-0.2, -0.15) is 10.1 Å². The van der Waals surface area contributed by atoms with E-state index in [4.69, 9.17) is 4.74 Å². The molecule has 2 saturated heterocycles. The zero-order valence-electron chi connectivity index (χ0n) is 22.4. The van der Waals surface area contributed by atoms with Crippen LogP contribution in [0.5, 0.6) is 0 Å². The zero-order chi connectivity index (χ0) is 27.4. The van der Waals surface area contributed by atoms with Crippen LogP contribution in [0.4, 0.5) is 23.5 Å². The molecule has 2 aliphatic rings. The third kappa shape index (κ3) is 5.86. The number of morpholine rings is 1. The summed E-state index contributed by atoms with van der Waals surface area (Å²) in [5.41, 5.74) is 1.09. The second-order valence-electron chi connectivity index (χ2n) is 10.1. The van der Waals surface area contributed by atoms with Crippen molar-refractivity contribution in [3.05, 3.63) is 72.6 Å². The highest BCUT2D eigenvalue weighted by atomic mass is 16.5. The van der Waals surface area contributed by atoms with Crippen molar-refractivity contribution < 1.29 is 9.84 Å². The van der Waals surface area contributed by atoms with Gasteiger partial charge in [0.25, 0.3) is 0 Å². The predicted octanol–water partition coefficient (Wildman–Crippen LogP) is 1.17. The number of ether oxygens (including phenoxy) is 1. The van der Waals surface area contributed by atoms with Gasteiger partial charge in [0.15, 0.2) is 0 Å². The number of aromatic nitrogens is 7. The standard InChI is InChI=1S/C27H33N11O2/c1-27(39,20-5-3-2-4-6-20)21-13-29-25(30-14-21)36-8-10-37(11-9-36)26-32-19-31-24(35-26)34-22-15-33-38(17-22)18-23-16-28-7-12-40-23/h2-6,13-15,17,19,23,28,39H,7-12,16,18H2,1H3,(H,31,32,34,35). The van der Waals surface area contributed by atoms with E-state index in [9.17, 15) is 5.11 Å². The third-order valence-electron chi connectivity index (χ3n) is 7.23. The van der Waals surface area contributed by atoms with Crippen molar-refractivity contribution >= 4 is 23.5 Å². The number of rotatable bonds is 8. The van der Waals surface area contributed by atoms with Crippen molar-refractivity contribution in [3.63, 3.8) is 0 Å². The van der Waals surface area contributed by atoms with E-state index in [1.54, 1.807) is 25.5 Å². The van der Waals surface area contributed by atoms with Crippen LogP contribution in [0.1, 0.15) is 18.1 Å². The number of benzene rings is 1. The predicted molar refractivity (Wildman–Crippen MR) is 150 cm³/mol. The van der Waals surface area contributed by atoms with Gasteiger partial charge in [-0.15, -0.1) is 0 Å². The van der Waals surface area contributed by atoms with E-state index in [0.29, 0.717) is 56.1 Å². The van der Waals surface area contributed by atoms with Crippen molar-refractivity contribution in [1.82, 2.24) is 40.0 Å². The van der Waals surface area contributed by atoms with Crippen molar-refractivity contribution in [1.29, 1.82) is 0 Å². The van der Waals surface area contributed by atoms with E-state index in [1.165, 1.54) is 6.33 Å². The molecule has 4 aromatic rings. The molecule has 2 aliphatic heterocycles. The molecule has 2 fully saturated rings. The van der Waals surface area contributed by atoms with Crippen LogP contribution < -0.4 is 20.4 Å². The molecule has 2 unspecified atom stereocenters. The number of nitrogens with zero attached hydrogens (tertiary/aromatic N) is 9. The summed E-state index contributed by atoms with van der Waals surface area (Å²) >= 11 is 0. The Kier molecular flexibility index (Phi) is 7.49. The first-order valence-corrected chi connectivity index (χ1v) is 13.5. The van der Waals surface area contributed by atoms with Crippen molar-refractivity contribution in [2.45, 2.75) is 25.2 Å². The van der Waals surface area contributed by atoms with Crippen LogP contribution in [0.2, 0.25) is 0 Å². The van der Waals surface area contributed by atoms with Gasteiger partial charge in [-0.1, -0.05) is 30.3 Å². The molecule has 0 amide bonds. The lowest BCUT2D eigenvalue weighted by atomic mass is 9.90. The van der Waals surface area contributed by atoms with Crippen LogP contribution in [0.15, 0.2) is 61.4 Å². The number of anilines is 4. The number of nitrogens with one attached hydrogen (secondary N) is 2. The van der Waals surface area contributed by atoms with Crippen LogP contribution in [0, 0.1) is 0 Å². The lowest BCUT2D eigenvalue weighted by Gasteiger charge is -2.34. The summed E-state index contributed by atoms with van der Waals surface area (Å²) in [5.74, 6) is 1.71. The molecule has 1 aromatic carbocycles. The first-order chi connectivity index (χ1) is 19.5. The van der Waals surface area contributed by atoms with Gasteiger partial charge >= 0.3 is 0 Å². The Morgan fingerprint density at radius 1 is 0.975 bits per heavy atom. The Labute approximate surface area is 232 Å². The number of hydrogen-bond donors (Lipinski definition) is 3. The van der Waals surface area contributed by atoms with Gasteiger partial charge in [0.1, 0.15) is 11.9 Å². The minimum atomic E-state index is -1.16. The first-order valence-electron chi connectivity index (χ1n) is 13.5. The molecular formula is C27H33N11O2. The molecule has 3 aromatic heterocycles. The second-order valence-corrected chi connectivity index (χ2v) is 10.1. The first kappa shape index (κ1) is 26.0. The summed E-state index contributed by atoms with van der Waals surface area (Å²) < 4.78 is 7.62. The molecule has 0 radical (unpaired) electrons. The van der Waals surface area contributed by atoms with Gasteiger partial charge < -0.3 is 30.3 Å². The summed E-state index contributed by atoms with van der Waals surface area (Å²) in [5, 5.41) is 22.0. The van der Waals surface area contributed by atoms with Crippen LogP contribution >= 0.6 is 0 Å². The van der Waals surface area contributed by atoms with Crippen LogP contribution in [-0.4, -0.2) is 91.8 Å². The van der Waals surface area contributed by atoms with E-state index in [-0.39, 0.29) is 6.10 Å². The second kappa shape index (κ2) is 11.5. The smallest absolute Gasteiger partial charge is 0.232 e. The largest absolute Gasteiger partial charge is 0.381 e. The SMILES string of the molecule is CC(O)(c1ccccc1)c1cnc(N2CCN(c3ncnc(Nc4cnn(CC5CNCCO5)c4)n3)CC2)nc1. The van der Waals surface area contributed by atoms with E-state index < -0.39 is 5.60 Å². The Morgan fingerprint density at radius 3 is 2.45 bits per heavy atom.